The molecule has 4 bridgehead atoms. The maximum absolute atomic E-state index is 13.0. The van der Waals surface area contributed by atoms with E-state index in [4.69, 9.17) is 4.98 Å². The second-order valence-electron chi connectivity index (χ2n) is 9.67. The quantitative estimate of drug-likeness (QED) is 0.220. The summed E-state index contributed by atoms with van der Waals surface area (Å²) in [5, 5.41) is 4.15. The van der Waals surface area contributed by atoms with Crippen molar-refractivity contribution < 1.29 is 18.0 Å². The third-order valence-corrected chi connectivity index (χ3v) is 7.49. The Kier molecular flexibility index (Phi) is 8.81. The lowest BCUT2D eigenvalue weighted by atomic mass is 9.93. The second kappa shape index (κ2) is 11.9. The van der Waals surface area contributed by atoms with E-state index in [0.717, 1.165) is 65.9 Å². The van der Waals surface area contributed by atoms with Crippen molar-refractivity contribution in [2.24, 2.45) is 5.92 Å². The summed E-state index contributed by atoms with van der Waals surface area (Å²) in [5.41, 5.74) is -0.305. The maximum atomic E-state index is 13.0. The summed E-state index contributed by atoms with van der Waals surface area (Å²) in [6.07, 6.45) is 0.106. The summed E-state index contributed by atoms with van der Waals surface area (Å²) < 4.78 is 38.8. The van der Waals surface area contributed by atoms with Crippen LogP contribution in [0, 0.1) is 5.92 Å². The van der Waals surface area contributed by atoms with Gasteiger partial charge >= 0.3 is 6.18 Å². The third kappa shape index (κ3) is 7.16. The van der Waals surface area contributed by atoms with Gasteiger partial charge in [-0.1, -0.05) is 12.1 Å². The smallest absolute Gasteiger partial charge is 0.370 e. The highest BCUT2D eigenvalue weighted by molar-refractivity contribution is 9.10. The molecular formula is C26H28BrF3N6OS. The summed E-state index contributed by atoms with van der Waals surface area (Å²) in [6.45, 7) is 6.28. The molecule has 0 aliphatic carbocycles. The van der Waals surface area contributed by atoms with Crippen LogP contribution in [-0.2, 0) is 6.18 Å². The Morgan fingerprint density at radius 3 is 2.63 bits per heavy atom. The van der Waals surface area contributed by atoms with E-state index in [0.29, 0.717) is 11.5 Å². The fourth-order valence-corrected chi connectivity index (χ4v) is 5.52. The molecule has 3 aromatic rings. The van der Waals surface area contributed by atoms with Crippen molar-refractivity contribution in [1.82, 2.24) is 19.7 Å². The van der Waals surface area contributed by atoms with Crippen LogP contribution in [0.2, 0.25) is 0 Å². The molecular weight excluding hydrogens is 581 g/mol. The number of carbonyl (C=O) groups excluding carboxylic acids is 1. The lowest BCUT2D eigenvalue weighted by Gasteiger charge is -2.33. The summed E-state index contributed by atoms with van der Waals surface area (Å²) in [7, 11) is 0. The molecule has 2 N–H and O–H groups in total. The Labute approximate surface area is 232 Å². The van der Waals surface area contributed by atoms with Gasteiger partial charge in [0.15, 0.2) is 0 Å². The van der Waals surface area contributed by atoms with E-state index in [1.54, 1.807) is 0 Å². The van der Waals surface area contributed by atoms with E-state index in [1.165, 1.54) is 24.1 Å². The summed E-state index contributed by atoms with van der Waals surface area (Å²) >= 11 is 4.70. The first-order chi connectivity index (χ1) is 18.0. The highest BCUT2D eigenvalue weighted by Gasteiger charge is 2.40. The van der Waals surface area contributed by atoms with E-state index in [2.05, 4.69) is 54.7 Å². The highest BCUT2D eigenvalue weighted by atomic mass is 79.9. The van der Waals surface area contributed by atoms with Crippen LogP contribution in [0.1, 0.15) is 49.2 Å². The molecule has 2 aliphatic rings. The zero-order valence-corrected chi connectivity index (χ0v) is 23.3. The predicted octanol–water partition coefficient (Wildman–Crippen LogP) is 6.59. The Morgan fingerprint density at radius 1 is 1.11 bits per heavy atom. The minimum absolute atomic E-state index is 0.0447. The van der Waals surface area contributed by atoms with Gasteiger partial charge in [0, 0.05) is 36.8 Å². The Bertz CT molecular complexity index is 1260. The molecule has 1 unspecified atom stereocenters. The SMILES string of the molecule is CC1(C)CC2CCCNc3cccc(n3)SNC(=O)c3ccc(Br)nc3N1C2.FC(F)(F)c1ccccn1. The second-order valence-corrected chi connectivity index (χ2v) is 11.3. The van der Waals surface area contributed by atoms with Gasteiger partial charge in [-0.25, -0.2) is 9.97 Å². The molecule has 0 radical (unpaired) electrons. The molecule has 2 aliphatic heterocycles. The summed E-state index contributed by atoms with van der Waals surface area (Å²) in [6, 6.07) is 13.1. The monoisotopic (exact) mass is 608 g/mol. The van der Waals surface area contributed by atoms with Gasteiger partial charge in [0.25, 0.3) is 5.91 Å². The fraction of sp³-hybridized carbons (Fsp3) is 0.385. The van der Waals surface area contributed by atoms with E-state index in [9.17, 15) is 18.0 Å². The van der Waals surface area contributed by atoms with Crippen molar-refractivity contribution in [3.63, 3.8) is 0 Å². The van der Waals surface area contributed by atoms with Crippen LogP contribution in [-0.4, -0.2) is 39.5 Å². The van der Waals surface area contributed by atoms with Crippen molar-refractivity contribution in [2.45, 2.75) is 49.9 Å². The average molecular weight is 610 g/mol. The van der Waals surface area contributed by atoms with Crippen LogP contribution in [0.25, 0.3) is 0 Å². The number of nitrogens with zero attached hydrogens (tertiary/aromatic N) is 4. The van der Waals surface area contributed by atoms with Crippen LogP contribution in [0.4, 0.5) is 24.8 Å². The maximum Gasteiger partial charge on any atom is 0.433 e. The first-order valence-corrected chi connectivity index (χ1v) is 13.7. The van der Waals surface area contributed by atoms with Gasteiger partial charge in [-0.05, 0) is 91.4 Å². The van der Waals surface area contributed by atoms with Gasteiger partial charge < -0.3 is 10.2 Å². The van der Waals surface area contributed by atoms with Crippen molar-refractivity contribution in [3.05, 3.63) is 70.6 Å². The molecule has 0 aromatic carbocycles. The molecule has 5 rings (SSSR count). The van der Waals surface area contributed by atoms with Crippen LogP contribution in [0.15, 0.2) is 64.4 Å². The number of hydrogen-bond donors (Lipinski definition) is 2. The van der Waals surface area contributed by atoms with Crippen molar-refractivity contribution in [2.75, 3.05) is 23.3 Å². The van der Waals surface area contributed by atoms with Crippen LogP contribution >= 0.6 is 27.9 Å². The summed E-state index contributed by atoms with van der Waals surface area (Å²) in [4.78, 5) is 27.7. The van der Waals surface area contributed by atoms with Gasteiger partial charge in [-0.3, -0.25) is 14.5 Å². The molecule has 1 saturated heterocycles. The number of anilines is 2. The van der Waals surface area contributed by atoms with Gasteiger partial charge in [0.05, 0.1) is 5.56 Å². The first-order valence-electron chi connectivity index (χ1n) is 12.1. The number of alkyl halides is 3. The molecule has 1 atom stereocenters. The molecule has 0 saturated carbocycles. The molecule has 1 amide bonds. The van der Waals surface area contributed by atoms with Gasteiger partial charge in [-0.15, -0.1) is 0 Å². The van der Waals surface area contributed by atoms with Gasteiger partial charge in [-0.2, -0.15) is 13.2 Å². The highest BCUT2D eigenvalue weighted by Crippen LogP contribution is 2.39. The molecule has 12 heteroatoms. The predicted molar refractivity (Wildman–Crippen MR) is 146 cm³/mol. The molecule has 202 valence electrons. The van der Waals surface area contributed by atoms with E-state index >= 15 is 0 Å². The minimum Gasteiger partial charge on any atom is -0.370 e. The van der Waals surface area contributed by atoms with Gasteiger partial charge in [0.1, 0.15) is 27.0 Å². The normalized spacial score (nSPS) is 19.1. The van der Waals surface area contributed by atoms with Crippen LogP contribution < -0.4 is 14.9 Å². The lowest BCUT2D eigenvalue weighted by Crippen LogP contribution is -2.40. The number of amides is 1. The topological polar surface area (TPSA) is 83.0 Å². The molecule has 1 fully saturated rings. The number of hydrogen-bond acceptors (Lipinski definition) is 7. The van der Waals surface area contributed by atoms with E-state index in [-0.39, 0.29) is 11.4 Å². The summed E-state index contributed by atoms with van der Waals surface area (Å²) in [5.74, 6) is 2.00. The third-order valence-electron chi connectivity index (χ3n) is 6.32. The Balaban J connectivity index is 0.000000283. The molecule has 7 nitrogen and oxygen atoms in total. The minimum atomic E-state index is -4.32. The first kappa shape index (κ1) is 28.2. The van der Waals surface area contributed by atoms with Crippen molar-refractivity contribution in [1.29, 1.82) is 0 Å². The largest absolute Gasteiger partial charge is 0.433 e. The number of aromatic nitrogens is 3. The Morgan fingerprint density at radius 2 is 1.92 bits per heavy atom. The van der Waals surface area contributed by atoms with Crippen molar-refractivity contribution >= 4 is 45.4 Å². The zero-order valence-electron chi connectivity index (χ0n) is 20.9. The standard InChI is InChI=1S/C20H24BrN5OS.C6H4F3N/c1-20(2)11-13-5-4-10-22-16-6-3-7-17(24-16)28-25-19(27)14-8-9-15(21)23-18(14)26(20)12-13;7-6(8,9)5-3-1-2-4-10-5/h3,6-9,13H,4-5,10-12H2,1-2H3,(H,22,24)(H,25,27);1-4H. The number of halogens is 4. The lowest BCUT2D eigenvalue weighted by molar-refractivity contribution is -0.141. The number of rotatable bonds is 0. The van der Waals surface area contributed by atoms with Crippen LogP contribution in [0.3, 0.4) is 0 Å². The zero-order chi connectivity index (χ0) is 27.3. The molecule has 38 heavy (non-hydrogen) atoms. The van der Waals surface area contributed by atoms with E-state index < -0.39 is 11.9 Å². The number of pyridine rings is 3. The molecule has 3 aromatic heterocycles. The number of nitrogens with one attached hydrogen (secondary N) is 2. The average Bonchev–Trinajstić information content (AvgIpc) is 3.19. The molecule has 0 spiro atoms. The van der Waals surface area contributed by atoms with E-state index in [1.807, 2.05) is 30.3 Å². The van der Waals surface area contributed by atoms with Crippen LogP contribution in [0.5, 0.6) is 0 Å². The number of carbonyl (C=O) groups is 1. The Hall–Kier alpha value is -2.86. The van der Waals surface area contributed by atoms with Gasteiger partial charge in [0.2, 0.25) is 0 Å². The molecule has 5 heterocycles. The van der Waals surface area contributed by atoms with Crippen molar-refractivity contribution in [3.8, 4) is 0 Å². The fourth-order valence-electron chi connectivity index (χ4n) is 4.62. The number of fused-ring (bicyclic) bond motifs is 6.